The van der Waals surface area contributed by atoms with Crippen molar-refractivity contribution >= 4 is 0 Å². The molecule has 0 aliphatic carbocycles. The molecule has 82 valence electrons. The van der Waals surface area contributed by atoms with Gasteiger partial charge in [0.05, 0.1) is 19.3 Å². The normalized spacial score (nSPS) is 21.7. The third kappa shape index (κ3) is 2.19. The van der Waals surface area contributed by atoms with Crippen LogP contribution in [0, 0.1) is 19.7 Å². The standard InChI is InChI=1S/C12H16FNO/c1-8-5-9(2)11(13)6-10(8)12-7-15-4-3-14-12/h5-6,12,14H,3-4,7H2,1-2H3. The van der Waals surface area contributed by atoms with Crippen molar-refractivity contribution in [2.75, 3.05) is 19.8 Å². The Labute approximate surface area is 89.4 Å². The van der Waals surface area contributed by atoms with Crippen molar-refractivity contribution in [3.63, 3.8) is 0 Å². The number of aryl methyl sites for hydroxylation is 2. The average Bonchev–Trinajstić information content (AvgIpc) is 2.25. The topological polar surface area (TPSA) is 21.3 Å². The highest BCUT2D eigenvalue weighted by Crippen LogP contribution is 2.22. The molecule has 1 saturated heterocycles. The predicted molar refractivity (Wildman–Crippen MR) is 57.4 cm³/mol. The monoisotopic (exact) mass is 209 g/mol. The highest BCUT2D eigenvalue weighted by molar-refractivity contribution is 5.34. The van der Waals surface area contributed by atoms with Gasteiger partial charge in [-0.2, -0.15) is 0 Å². The van der Waals surface area contributed by atoms with Crippen molar-refractivity contribution in [1.82, 2.24) is 5.32 Å². The number of hydrogen-bond donors (Lipinski definition) is 1. The molecule has 1 aromatic carbocycles. The third-order valence-electron chi connectivity index (χ3n) is 2.84. The number of ether oxygens (including phenoxy) is 1. The summed E-state index contributed by atoms with van der Waals surface area (Å²) in [5.41, 5.74) is 2.84. The first kappa shape index (κ1) is 10.6. The molecule has 0 aromatic heterocycles. The molecule has 1 heterocycles. The highest BCUT2D eigenvalue weighted by atomic mass is 19.1. The van der Waals surface area contributed by atoms with Crippen LogP contribution in [0.1, 0.15) is 22.7 Å². The van der Waals surface area contributed by atoms with Gasteiger partial charge in [-0.05, 0) is 36.6 Å². The van der Waals surface area contributed by atoms with Gasteiger partial charge in [0.15, 0.2) is 0 Å². The summed E-state index contributed by atoms with van der Waals surface area (Å²) in [4.78, 5) is 0. The first-order valence-corrected chi connectivity index (χ1v) is 5.26. The van der Waals surface area contributed by atoms with Crippen LogP contribution in [-0.4, -0.2) is 19.8 Å². The van der Waals surface area contributed by atoms with E-state index in [1.165, 1.54) is 0 Å². The molecule has 1 fully saturated rings. The molecule has 0 amide bonds. The Hall–Kier alpha value is -0.930. The van der Waals surface area contributed by atoms with Gasteiger partial charge in [-0.15, -0.1) is 0 Å². The maximum absolute atomic E-state index is 13.4. The van der Waals surface area contributed by atoms with E-state index in [1.807, 2.05) is 13.0 Å². The van der Waals surface area contributed by atoms with Crippen LogP contribution in [0.2, 0.25) is 0 Å². The van der Waals surface area contributed by atoms with Gasteiger partial charge in [0.25, 0.3) is 0 Å². The highest BCUT2D eigenvalue weighted by Gasteiger charge is 2.18. The zero-order chi connectivity index (χ0) is 10.8. The lowest BCUT2D eigenvalue weighted by atomic mass is 9.98. The summed E-state index contributed by atoms with van der Waals surface area (Å²) in [5.74, 6) is -0.136. The summed E-state index contributed by atoms with van der Waals surface area (Å²) in [7, 11) is 0. The largest absolute Gasteiger partial charge is 0.378 e. The maximum atomic E-state index is 13.4. The zero-order valence-corrected chi connectivity index (χ0v) is 9.14. The predicted octanol–water partition coefficient (Wildman–Crippen LogP) is 2.10. The molecule has 1 aliphatic rings. The lowest BCUT2D eigenvalue weighted by Crippen LogP contribution is -2.35. The fourth-order valence-electron chi connectivity index (χ4n) is 1.98. The summed E-state index contributed by atoms with van der Waals surface area (Å²) in [6, 6.07) is 3.65. The molecule has 1 N–H and O–H groups in total. The van der Waals surface area contributed by atoms with Crippen molar-refractivity contribution in [3.8, 4) is 0 Å². The fraction of sp³-hybridized carbons (Fsp3) is 0.500. The van der Waals surface area contributed by atoms with Crippen LogP contribution in [0.3, 0.4) is 0 Å². The minimum absolute atomic E-state index is 0.133. The molecule has 2 nitrogen and oxygen atoms in total. The van der Waals surface area contributed by atoms with Crippen LogP contribution >= 0.6 is 0 Å². The molecule has 3 heteroatoms. The molecule has 15 heavy (non-hydrogen) atoms. The van der Waals surface area contributed by atoms with Crippen molar-refractivity contribution in [3.05, 3.63) is 34.6 Å². The van der Waals surface area contributed by atoms with Crippen LogP contribution in [0.5, 0.6) is 0 Å². The van der Waals surface area contributed by atoms with E-state index in [9.17, 15) is 4.39 Å². The summed E-state index contributed by atoms with van der Waals surface area (Å²) in [6.45, 7) is 6.00. The van der Waals surface area contributed by atoms with Gasteiger partial charge >= 0.3 is 0 Å². The number of rotatable bonds is 1. The molecule has 1 unspecified atom stereocenters. The van der Waals surface area contributed by atoms with Crippen molar-refractivity contribution in [2.24, 2.45) is 0 Å². The minimum atomic E-state index is -0.136. The van der Waals surface area contributed by atoms with E-state index in [2.05, 4.69) is 5.32 Å². The van der Waals surface area contributed by atoms with Crippen molar-refractivity contribution in [1.29, 1.82) is 0 Å². The van der Waals surface area contributed by atoms with Gasteiger partial charge in [-0.1, -0.05) is 6.07 Å². The Morgan fingerprint density at radius 2 is 2.13 bits per heavy atom. The van der Waals surface area contributed by atoms with Crippen LogP contribution in [-0.2, 0) is 4.74 Å². The van der Waals surface area contributed by atoms with E-state index in [0.717, 1.165) is 24.3 Å². The van der Waals surface area contributed by atoms with Crippen LogP contribution in [0.25, 0.3) is 0 Å². The zero-order valence-electron chi connectivity index (χ0n) is 9.14. The molecule has 1 aromatic rings. The van der Waals surface area contributed by atoms with Gasteiger partial charge in [0.2, 0.25) is 0 Å². The Morgan fingerprint density at radius 1 is 1.33 bits per heavy atom. The van der Waals surface area contributed by atoms with E-state index >= 15 is 0 Å². The molecule has 0 radical (unpaired) electrons. The van der Waals surface area contributed by atoms with Gasteiger partial charge < -0.3 is 10.1 Å². The molecule has 0 spiro atoms. The van der Waals surface area contributed by atoms with Gasteiger partial charge in [-0.3, -0.25) is 0 Å². The van der Waals surface area contributed by atoms with Crippen molar-refractivity contribution in [2.45, 2.75) is 19.9 Å². The van der Waals surface area contributed by atoms with E-state index in [0.29, 0.717) is 12.2 Å². The number of morpholine rings is 1. The molecule has 1 atom stereocenters. The summed E-state index contributed by atoms with van der Waals surface area (Å²) in [6.07, 6.45) is 0. The summed E-state index contributed by atoms with van der Waals surface area (Å²) in [5, 5.41) is 3.33. The Morgan fingerprint density at radius 3 is 2.80 bits per heavy atom. The number of hydrogen-bond acceptors (Lipinski definition) is 2. The van der Waals surface area contributed by atoms with Crippen molar-refractivity contribution < 1.29 is 9.13 Å². The summed E-state index contributed by atoms with van der Waals surface area (Å²) < 4.78 is 18.8. The van der Waals surface area contributed by atoms with Gasteiger partial charge in [-0.25, -0.2) is 4.39 Å². The lowest BCUT2D eigenvalue weighted by Gasteiger charge is -2.25. The number of benzene rings is 1. The van der Waals surface area contributed by atoms with Gasteiger partial charge in [0.1, 0.15) is 5.82 Å². The second-order valence-electron chi connectivity index (χ2n) is 4.04. The first-order chi connectivity index (χ1) is 7.18. The number of nitrogens with one attached hydrogen (secondary N) is 1. The molecule has 0 saturated carbocycles. The first-order valence-electron chi connectivity index (χ1n) is 5.26. The second kappa shape index (κ2) is 4.29. The number of halogens is 1. The van der Waals surface area contributed by atoms with E-state index in [1.54, 1.807) is 13.0 Å². The molecular weight excluding hydrogens is 193 g/mol. The smallest absolute Gasteiger partial charge is 0.126 e. The quantitative estimate of drug-likeness (QED) is 0.764. The molecular formula is C12H16FNO. The molecule has 1 aliphatic heterocycles. The Balaban J connectivity index is 2.30. The lowest BCUT2D eigenvalue weighted by molar-refractivity contribution is 0.0766. The third-order valence-corrected chi connectivity index (χ3v) is 2.84. The summed E-state index contributed by atoms with van der Waals surface area (Å²) >= 11 is 0. The molecule has 2 rings (SSSR count). The SMILES string of the molecule is Cc1cc(C)c(C2COCCN2)cc1F. The van der Waals surface area contributed by atoms with Crippen LogP contribution in [0.4, 0.5) is 4.39 Å². The Kier molecular flexibility index (Phi) is 3.03. The van der Waals surface area contributed by atoms with E-state index < -0.39 is 0 Å². The maximum Gasteiger partial charge on any atom is 0.126 e. The van der Waals surface area contributed by atoms with E-state index in [-0.39, 0.29) is 11.9 Å². The minimum Gasteiger partial charge on any atom is -0.378 e. The van der Waals surface area contributed by atoms with E-state index in [4.69, 9.17) is 4.74 Å². The van der Waals surface area contributed by atoms with Crippen LogP contribution < -0.4 is 5.32 Å². The van der Waals surface area contributed by atoms with Crippen LogP contribution in [0.15, 0.2) is 12.1 Å². The second-order valence-corrected chi connectivity index (χ2v) is 4.04. The van der Waals surface area contributed by atoms with Gasteiger partial charge in [0, 0.05) is 6.54 Å². The Bertz CT molecular complexity index is 359. The fourth-order valence-corrected chi connectivity index (χ4v) is 1.98. The average molecular weight is 209 g/mol. The molecule has 0 bridgehead atoms.